The number of carbonyl (C=O) groups is 4. The summed E-state index contributed by atoms with van der Waals surface area (Å²) in [5.74, 6) is -3.24. The summed E-state index contributed by atoms with van der Waals surface area (Å²) < 4.78 is 36.8. The first-order chi connectivity index (χ1) is 21.4. The van der Waals surface area contributed by atoms with Gasteiger partial charge in [0, 0.05) is 6.54 Å². The zero-order valence-electron chi connectivity index (χ0n) is 24.8. The van der Waals surface area contributed by atoms with Crippen molar-refractivity contribution in [1.82, 2.24) is 20.7 Å². The summed E-state index contributed by atoms with van der Waals surface area (Å²) >= 11 is 0. The van der Waals surface area contributed by atoms with Crippen molar-refractivity contribution in [2.45, 2.75) is 49.4 Å². The van der Waals surface area contributed by atoms with Crippen molar-refractivity contribution in [3.05, 3.63) is 65.7 Å². The van der Waals surface area contributed by atoms with Crippen molar-refractivity contribution < 1.29 is 47.3 Å². The Morgan fingerprint density at radius 1 is 0.889 bits per heavy atom. The number of carbonyl (C=O) groups excluding carboxylic acids is 4. The average Bonchev–Trinajstić information content (AvgIpc) is 3.02. The van der Waals surface area contributed by atoms with Crippen LogP contribution in [-0.4, -0.2) is 93.5 Å². The zero-order chi connectivity index (χ0) is 33.4. The highest BCUT2D eigenvalue weighted by Crippen LogP contribution is 2.10. The van der Waals surface area contributed by atoms with E-state index in [2.05, 4.69) is 30.4 Å². The SMILES string of the molecule is COC(=O)[C@H](CO)NC(=O)[C@H](CO)NC(=O)[C@H](CCCN=C(N)NS(=O)(=O)c1ccc(C)cc1)NC(=O)OCc1ccccc1. The van der Waals surface area contributed by atoms with Crippen molar-refractivity contribution in [3.8, 4) is 0 Å². The highest BCUT2D eigenvalue weighted by molar-refractivity contribution is 7.90. The number of aryl methyl sites for hydroxylation is 1. The van der Waals surface area contributed by atoms with Crippen molar-refractivity contribution in [2.75, 3.05) is 26.9 Å². The first-order valence-electron chi connectivity index (χ1n) is 13.7. The quantitative estimate of drug-likeness (QED) is 0.0491. The number of aliphatic imine (C=N–C) groups is 1. The fourth-order valence-corrected chi connectivity index (χ4v) is 4.63. The van der Waals surface area contributed by atoms with Gasteiger partial charge in [0.15, 0.2) is 6.04 Å². The van der Waals surface area contributed by atoms with E-state index in [1.807, 2.05) is 6.92 Å². The van der Waals surface area contributed by atoms with Gasteiger partial charge in [-0.25, -0.2) is 22.7 Å². The fraction of sp³-hybridized carbons (Fsp3) is 0.393. The Balaban J connectivity index is 2.07. The molecule has 0 aromatic heterocycles. The van der Waals surface area contributed by atoms with Gasteiger partial charge in [-0.05, 0) is 37.5 Å². The number of hydrogen-bond acceptors (Lipinski definition) is 11. The van der Waals surface area contributed by atoms with Gasteiger partial charge in [0.1, 0.15) is 18.7 Å². The summed E-state index contributed by atoms with van der Waals surface area (Å²) in [4.78, 5) is 53.8. The van der Waals surface area contributed by atoms with E-state index in [4.69, 9.17) is 10.5 Å². The second-order valence-electron chi connectivity index (χ2n) is 9.60. The molecule has 0 saturated heterocycles. The van der Waals surface area contributed by atoms with Gasteiger partial charge in [0.2, 0.25) is 17.8 Å². The van der Waals surface area contributed by atoms with Gasteiger partial charge < -0.3 is 41.4 Å². The molecule has 0 aliphatic rings. The highest BCUT2D eigenvalue weighted by Gasteiger charge is 2.29. The third-order valence-corrected chi connectivity index (χ3v) is 7.50. The second-order valence-corrected chi connectivity index (χ2v) is 11.3. The number of nitrogens with two attached hydrogens (primary N) is 1. The molecule has 0 saturated carbocycles. The van der Waals surface area contributed by atoms with Crippen LogP contribution < -0.4 is 26.4 Å². The molecule has 0 aliphatic heterocycles. The molecule has 8 N–H and O–H groups in total. The summed E-state index contributed by atoms with van der Waals surface area (Å²) in [7, 11) is -2.93. The van der Waals surface area contributed by atoms with E-state index in [9.17, 15) is 37.8 Å². The molecule has 0 unspecified atom stereocenters. The number of aliphatic hydroxyl groups excluding tert-OH is 2. The molecule has 0 radical (unpaired) electrons. The number of hydrogen-bond donors (Lipinski definition) is 7. The number of methoxy groups -OCH3 is 1. The number of aliphatic hydroxyl groups is 2. The molecule has 246 valence electrons. The third-order valence-electron chi connectivity index (χ3n) is 6.12. The van der Waals surface area contributed by atoms with Crippen LogP contribution >= 0.6 is 0 Å². The molecule has 3 amide bonds. The van der Waals surface area contributed by atoms with Gasteiger partial charge in [-0.1, -0.05) is 48.0 Å². The van der Waals surface area contributed by atoms with E-state index in [0.717, 1.165) is 12.7 Å². The molecule has 0 spiro atoms. The summed E-state index contributed by atoms with van der Waals surface area (Å²) in [5, 5.41) is 25.9. The molecule has 0 heterocycles. The first-order valence-corrected chi connectivity index (χ1v) is 15.1. The van der Waals surface area contributed by atoms with Crippen LogP contribution in [0.2, 0.25) is 0 Å². The zero-order valence-corrected chi connectivity index (χ0v) is 25.6. The number of rotatable bonds is 16. The van der Waals surface area contributed by atoms with Crippen molar-refractivity contribution >= 4 is 39.9 Å². The van der Waals surface area contributed by atoms with Gasteiger partial charge in [0.05, 0.1) is 25.2 Å². The third kappa shape index (κ3) is 12.4. The number of alkyl carbamates (subject to hydrolysis) is 1. The predicted octanol–water partition coefficient (Wildman–Crippen LogP) is -1.21. The number of esters is 1. The molecule has 0 fully saturated rings. The second kappa shape index (κ2) is 18.2. The fourth-order valence-electron chi connectivity index (χ4n) is 3.68. The van der Waals surface area contributed by atoms with Crippen LogP contribution in [0.1, 0.15) is 24.0 Å². The summed E-state index contributed by atoms with van der Waals surface area (Å²) in [6.07, 6.45) is -0.923. The summed E-state index contributed by atoms with van der Waals surface area (Å²) in [6, 6.07) is 10.5. The lowest BCUT2D eigenvalue weighted by Gasteiger charge is -2.23. The Morgan fingerprint density at radius 2 is 1.49 bits per heavy atom. The van der Waals surface area contributed by atoms with Crippen LogP contribution in [0.4, 0.5) is 4.79 Å². The maximum atomic E-state index is 13.1. The summed E-state index contributed by atoms with van der Waals surface area (Å²) in [6.45, 7) is -0.0347. The number of nitrogens with one attached hydrogen (secondary N) is 4. The van der Waals surface area contributed by atoms with Gasteiger partial charge >= 0.3 is 12.1 Å². The first kappa shape index (κ1) is 36.5. The molecule has 2 rings (SSSR count). The van der Waals surface area contributed by atoms with Crippen LogP contribution in [0.15, 0.2) is 64.5 Å². The molecular formula is C28H38N6O10S. The normalized spacial score (nSPS) is 13.5. The lowest BCUT2D eigenvalue weighted by Crippen LogP contribution is -2.57. The Hall–Kier alpha value is -4.74. The lowest BCUT2D eigenvalue weighted by atomic mass is 10.1. The number of benzene rings is 2. The number of ether oxygens (including phenoxy) is 2. The standard InChI is InChI=1S/C28H38N6O10S/c1-18-10-12-20(13-11-18)45(41,42)34-27(29)30-14-6-9-21(33-28(40)44-17-19-7-4-3-5-8-19)24(37)31-22(15-35)25(38)32-23(16-36)26(39)43-2/h3-5,7-8,10-13,21-23,35-36H,6,9,14-17H2,1-2H3,(H,31,37)(H,32,38)(H,33,40)(H3,29,30,34)/t21-,22-,23-/m0/s1. The van der Waals surface area contributed by atoms with Crippen molar-refractivity contribution in [3.63, 3.8) is 0 Å². The van der Waals surface area contributed by atoms with Crippen molar-refractivity contribution in [1.29, 1.82) is 0 Å². The number of sulfonamides is 1. The van der Waals surface area contributed by atoms with Crippen LogP contribution in [0.5, 0.6) is 0 Å². The maximum absolute atomic E-state index is 13.1. The molecule has 45 heavy (non-hydrogen) atoms. The Morgan fingerprint density at radius 3 is 2.09 bits per heavy atom. The topological polar surface area (TPSA) is 248 Å². The number of guanidine groups is 1. The predicted molar refractivity (Wildman–Crippen MR) is 161 cm³/mol. The highest BCUT2D eigenvalue weighted by atomic mass is 32.2. The minimum atomic E-state index is -3.98. The Labute approximate surface area is 260 Å². The van der Waals surface area contributed by atoms with Gasteiger partial charge in [-0.15, -0.1) is 0 Å². The largest absolute Gasteiger partial charge is 0.467 e. The van der Waals surface area contributed by atoms with E-state index in [0.29, 0.717) is 5.56 Å². The van der Waals surface area contributed by atoms with Crippen LogP contribution in [0.25, 0.3) is 0 Å². The van der Waals surface area contributed by atoms with Crippen LogP contribution in [0, 0.1) is 6.92 Å². The van der Waals surface area contributed by atoms with Crippen molar-refractivity contribution in [2.24, 2.45) is 10.7 Å². The average molecular weight is 651 g/mol. The minimum Gasteiger partial charge on any atom is -0.467 e. The molecule has 2 aromatic carbocycles. The maximum Gasteiger partial charge on any atom is 0.408 e. The molecule has 17 heteroatoms. The lowest BCUT2D eigenvalue weighted by molar-refractivity contribution is -0.146. The minimum absolute atomic E-state index is 0.0134. The van der Waals surface area contributed by atoms with E-state index >= 15 is 0 Å². The Kier molecular flexibility index (Phi) is 14.7. The van der Waals surface area contributed by atoms with Crippen LogP contribution in [0.3, 0.4) is 0 Å². The van der Waals surface area contributed by atoms with E-state index < -0.39 is 71.2 Å². The molecule has 0 aliphatic carbocycles. The van der Waals surface area contributed by atoms with Crippen LogP contribution in [-0.2, 0) is 40.5 Å². The monoisotopic (exact) mass is 650 g/mol. The Bertz CT molecular complexity index is 1420. The van der Waals surface area contributed by atoms with Gasteiger partial charge in [-0.3, -0.25) is 14.6 Å². The number of amides is 3. The molecule has 16 nitrogen and oxygen atoms in total. The van der Waals surface area contributed by atoms with E-state index in [-0.39, 0.29) is 30.9 Å². The molecule has 0 bridgehead atoms. The molecule has 2 aromatic rings. The number of nitrogens with zero attached hydrogens (tertiary/aromatic N) is 1. The van der Waals surface area contributed by atoms with E-state index in [1.54, 1.807) is 42.5 Å². The van der Waals surface area contributed by atoms with Gasteiger partial charge in [-0.2, -0.15) is 0 Å². The summed E-state index contributed by atoms with van der Waals surface area (Å²) in [5.41, 5.74) is 7.30. The van der Waals surface area contributed by atoms with Gasteiger partial charge in [0.25, 0.3) is 10.0 Å². The smallest absolute Gasteiger partial charge is 0.408 e. The van der Waals surface area contributed by atoms with E-state index in [1.165, 1.54) is 12.1 Å². The molecular weight excluding hydrogens is 612 g/mol. The molecule has 3 atom stereocenters.